The Morgan fingerprint density at radius 3 is 1.73 bits per heavy atom. The van der Waals surface area contributed by atoms with Crippen molar-refractivity contribution in [1.82, 2.24) is 14.1 Å². The van der Waals surface area contributed by atoms with E-state index < -0.39 is 0 Å². The van der Waals surface area contributed by atoms with Gasteiger partial charge in [-0.15, -0.1) is 0 Å². The Bertz CT molecular complexity index is 2750. The van der Waals surface area contributed by atoms with E-state index in [-0.39, 0.29) is 0 Å². The van der Waals surface area contributed by atoms with Crippen LogP contribution in [0, 0.1) is 0 Å². The van der Waals surface area contributed by atoms with Crippen molar-refractivity contribution in [2.75, 3.05) is 0 Å². The normalized spacial score (nSPS) is 12.4. The van der Waals surface area contributed by atoms with Crippen molar-refractivity contribution < 1.29 is 0 Å². The van der Waals surface area contributed by atoms with E-state index in [2.05, 4.69) is 162 Å². The predicted octanol–water partition coefficient (Wildman–Crippen LogP) is 12.8. The molecule has 0 aliphatic rings. The first-order valence-corrected chi connectivity index (χ1v) is 17.2. The van der Waals surface area contributed by atoms with Crippen LogP contribution < -0.4 is 0 Å². The van der Waals surface area contributed by atoms with E-state index in [1.165, 1.54) is 38.1 Å². The van der Waals surface area contributed by atoms with Crippen LogP contribution in [0.1, 0.15) is 18.2 Å². The lowest BCUT2D eigenvalue weighted by Crippen LogP contribution is -2.02. The topological polar surface area (TPSA) is 22.8 Å². The molecule has 0 fully saturated rings. The van der Waals surface area contributed by atoms with Gasteiger partial charge in [-0.2, -0.15) is 0 Å². The fourth-order valence-electron chi connectivity index (χ4n) is 7.22. The van der Waals surface area contributed by atoms with E-state index in [1.807, 2.05) is 37.3 Å². The number of benzene rings is 5. The number of para-hydroxylation sites is 3. The highest BCUT2D eigenvalue weighted by Crippen LogP contribution is 2.38. The van der Waals surface area contributed by atoms with E-state index in [1.54, 1.807) is 6.08 Å². The van der Waals surface area contributed by atoms with Crippen LogP contribution in [0.2, 0.25) is 0 Å². The number of allylic oxidation sites excluding steroid dienone is 9. The Labute approximate surface area is 298 Å². The molecule has 0 unspecified atom stereocenters. The van der Waals surface area contributed by atoms with Gasteiger partial charge in [-0.25, -0.2) is 4.98 Å². The largest absolute Gasteiger partial charge is 0.309 e. The maximum absolute atomic E-state index is 5.23. The second-order valence-corrected chi connectivity index (χ2v) is 12.5. The van der Waals surface area contributed by atoms with Gasteiger partial charge in [0.15, 0.2) is 0 Å². The Hall–Kier alpha value is -6.71. The lowest BCUT2D eigenvalue weighted by Gasteiger charge is -2.13. The molecule has 51 heavy (non-hydrogen) atoms. The zero-order valence-corrected chi connectivity index (χ0v) is 28.6. The molecule has 0 N–H and O–H groups in total. The van der Waals surface area contributed by atoms with Crippen LogP contribution in [0.25, 0.3) is 77.4 Å². The van der Waals surface area contributed by atoms with Crippen LogP contribution in [-0.4, -0.2) is 14.1 Å². The molecule has 5 aromatic carbocycles. The molecule has 3 aromatic heterocycles. The highest BCUT2D eigenvalue weighted by atomic mass is 15.1. The average Bonchev–Trinajstić information content (AvgIpc) is 3.69. The molecule has 3 heterocycles. The molecule has 0 aliphatic heterocycles. The summed E-state index contributed by atoms with van der Waals surface area (Å²) in [5.74, 6) is 0.821. The van der Waals surface area contributed by atoms with Crippen molar-refractivity contribution in [1.29, 1.82) is 0 Å². The van der Waals surface area contributed by atoms with Gasteiger partial charge < -0.3 is 4.57 Å². The standard InChI is InChI=1S/C48H37N3/c1-5-9-18-33(7-3)37-31-43(34(8-4)17-6-2)49-48(32-37)51-45-24-16-14-22-40(45)42-30-36(26-28-47(42)51)35-25-27-46-41(29-35)39-21-13-15-23-44(39)50(46)38-19-11-10-12-20-38/h5-32H,2-4H2,1H3/b9-5-,33-18+,34-17+. The van der Waals surface area contributed by atoms with Gasteiger partial charge in [-0.1, -0.05) is 129 Å². The van der Waals surface area contributed by atoms with Gasteiger partial charge in [0.05, 0.1) is 27.8 Å². The summed E-state index contributed by atoms with van der Waals surface area (Å²) in [6.07, 6.45) is 13.6. The molecule has 0 radical (unpaired) electrons. The van der Waals surface area contributed by atoms with Crippen LogP contribution in [-0.2, 0) is 0 Å². The van der Waals surface area contributed by atoms with Crippen molar-refractivity contribution in [3.8, 4) is 22.6 Å². The molecule has 0 saturated carbocycles. The molecule has 3 heteroatoms. The molecule has 8 rings (SSSR count). The van der Waals surface area contributed by atoms with Crippen LogP contribution in [0.4, 0.5) is 0 Å². The Morgan fingerprint density at radius 1 is 0.549 bits per heavy atom. The van der Waals surface area contributed by atoms with Gasteiger partial charge in [0.1, 0.15) is 5.82 Å². The second-order valence-electron chi connectivity index (χ2n) is 12.5. The van der Waals surface area contributed by atoms with Crippen molar-refractivity contribution in [3.63, 3.8) is 0 Å². The molecule has 8 aromatic rings. The molecule has 0 spiro atoms. The minimum atomic E-state index is 0.816. The number of nitrogens with zero attached hydrogens (tertiary/aromatic N) is 3. The Morgan fingerprint density at radius 2 is 1.12 bits per heavy atom. The maximum atomic E-state index is 5.23. The van der Waals surface area contributed by atoms with Crippen LogP contribution >= 0.6 is 0 Å². The molecule has 0 saturated heterocycles. The van der Waals surface area contributed by atoms with Crippen LogP contribution in [0.15, 0.2) is 190 Å². The smallest absolute Gasteiger partial charge is 0.138 e. The third-order valence-corrected chi connectivity index (χ3v) is 9.57. The van der Waals surface area contributed by atoms with E-state index in [0.717, 1.165) is 50.5 Å². The van der Waals surface area contributed by atoms with Gasteiger partial charge in [0, 0.05) is 27.2 Å². The van der Waals surface area contributed by atoms with Gasteiger partial charge in [-0.05, 0) is 95.4 Å². The predicted molar refractivity (Wildman–Crippen MR) is 220 cm³/mol. The van der Waals surface area contributed by atoms with E-state index in [4.69, 9.17) is 4.98 Å². The minimum Gasteiger partial charge on any atom is -0.309 e. The van der Waals surface area contributed by atoms with Crippen LogP contribution in [0.5, 0.6) is 0 Å². The molecule has 0 aliphatic carbocycles. The SMILES string of the molecule is C=C/C=C(\C=C)c1cc(/C(C=C)=C/C=C\C)cc(-n2c3ccccc3c3cc(-c4ccc5c(c4)c4ccccc4n5-c4ccccc4)ccc32)n1. The summed E-state index contributed by atoms with van der Waals surface area (Å²) in [4.78, 5) is 5.23. The maximum Gasteiger partial charge on any atom is 0.138 e. The summed E-state index contributed by atoms with van der Waals surface area (Å²) >= 11 is 0. The summed E-state index contributed by atoms with van der Waals surface area (Å²) in [6.45, 7) is 14.1. The van der Waals surface area contributed by atoms with E-state index >= 15 is 0 Å². The molecule has 0 bridgehead atoms. The van der Waals surface area contributed by atoms with Gasteiger partial charge in [0.2, 0.25) is 0 Å². The summed E-state index contributed by atoms with van der Waals surface area (Å²) < 4.78 is 4.62. The first-order chi connectivity index (χ1) is 25.1. The van der Waals surface area contributed by atoms with Crippen molar-refractivity contribution in [3.05, 3.63) is 201 Å². The zero-order valence-electron chi connectivity index (χ0n) is 28.6. The highest BCUT2D eigenvalue weighted by Gasteiger charge is 2.18. The monoisotopic (exact) mass is 655 g/mol. The summed E-state index contributed by atoms with van der Waals surface area (Å²) in [6, 6.07) is 45.7. The first kappa shape index (κ1) is 31.6. The highest BCUT2D eigenvalue weighted by molar-refractivity contribution is 6.12. The molecular formula is C48H37N3. The number of pyridine rings is 1. The number of hydrogen-bond donors (Lipinski definition) is 0. The van der Waals surface area contributed by atoms with Crippen molar-refractivity contribution in [2.24, 2.45) is 0 Å². The number of rotatable bonds is 9. The number of hydrogen-bond acceptors (Lipinski definition) is 1. The third-order valence-electron chi connectivity index (χ3n) is 9.57. The Balaban J connectivity index is 1.34. The van der Waals surface area contributed by atoms with Crippen molar-refractivity contribution in [2.45, 2.75) is 6.92 Å². The van der Waals surface area contributed by atoms with Gasteiger partial charge >= 0.3 is 0 Å². The summed E-state index contributed by atoms with van der Waals surface area (Å²) in [7, 11) is 0. The average molecular weight is 656 g/mol. The number of fused-ring (bicyclic) bond motifs is 6. The molecular weight excluding hydrogens is 619 g/mol. The third kappa shape index (κ3) is 5.46. The van der Waals surface area contributed by atoms with Crippen molar-refractivity contribution >= 4 is 54.8 Å². The fourth-order valence-corrected chi connectivity index (χ4v) is 7.22. The quantitative estimate of drug-likeness (QED) is 0.142. The molecule has 0 amide bonds. The Kier molecular flexibility index (Phi) is 8.23. The molecule has 244 valence electrons. The molecule has 0 atom stereocenters. The fraction of sp³-hybridized carbons (Fsp3) is 0.0208. The first-order valence-electron chi connectivity index (χ1n) is 17.2. The second kappa shape index (κ2) is 13.3. The minimum absolute atomic E-state index is 0.816. The summed E-state index contributed by atoms with van der Waals surface area (Å²) in [5.41, 5.74) is 11.8. The zero-order chi connectivity index (χ0) is 34.9. The number of aromatic nitrogens is 3. The van der Waals surface area contributed by atoms with Gasteiger partial charge in [0.25, 0.3) is 0 Å². The van der Waals surface area contributed by atoms with Gasteiger partial charge in [-0.3, -0.25) is 4.57 Å². The van der Waals surface area contributed by atoms with E-state index in [9.17, 15) is 0 Å². The lowest BCUT2D eigenvalue weighted by atomic mass is 10.0. The van der Waals surface area contributed by atoms with Crippen LogP contribution in [0.3, 0.4) is 0 Å². The van der Waals surface area contributed by atoms with E-state index in [0.29, 0.717) is 0 Å². The summed E-state index contributed by atoms with van der Waals surface area (Å²) in [5, 5.41) is 4.81. The lowest BCUT2D eigenvalue weighted by molar-refractivity contribution is 1.07. The molecule has 3 nitrogen and oxygen atoms in total.